The van der Waals surface area contributed by atoms with Gasteiger partial charge in [0.25, 0.3) is 0 Å². The van der Waals surface area contributed by atoms with Gasteiger partial charge < -0.3 is 0 Å². The molecular formula is C15H24. The van der Waals surface area contributed by atoms with Crippen molar-refractivity contribution in [2.75, 3.05) is 0 Å². The van der Waals surface area contributed by atoms with E-state index in [-0.39, 0.29) is 0 Å². The van der Waals surface area contributed by atoms with E-state index in [4.69, 9.17) is 0 Å². The molecule has 0 heteroatoms. The maximum absolute atomic E-state index is 2.48. The van der Waals surface area contributed by atoms with Crippen LogP contribution < -0.4 is 0 Å². The number of fused-ring (bicyclic) bond motifs is 1. The highest BCUT2D eigenvalue weighted by molar-refractivity contribution is 5.29. The fourth-order valence-electron chi connectivity index (χ4n) is 3.31. The first-order valence-electron chi connectivity index (χ1n) is 6.36. The molecule has 0 amide bonds. The molecule has 0 bridgehead atoms. The second-order valence-electron chi connectivity index (χ2n) is 5.90. The molecular weight excluding hydrogens is 180 g/mol. The first-order chi connectivity index (χ1) is 7.06. The third-order valence-corrected chi connectivity index (χ3v) is 4.61. The molecule has 0 aromatic heterocycles. The summed E-state index contributed by atoms with van der Waals surface area (Å²) in [6.07, 6.45) is 10.4. The summed E-state index contributed by atoms with van der Waals surface area (Å²) in [4.78, 5) is 0. The van der Waals surface area contributed by atoms with Gasteiger partial charge in [-0.15, -0.1) is 0 Å². The maximum atomic E-state index is 2.48. The molecule has 1 fully saturated rings. The molecule has 0 aliphatic heterocycles. The first-order valence-corrected chi connectivity index (χ1v) is 6.36. The highest BCUT2D eigenvalue weighted by Crippen LogP contribution is 2.67. The number of allylic oxidation sites excluding steroid dienone is 4. The summed E-state index contributed by atoms with van der Waals surface area (Å²) in [5.41, 5.74) is 3.84. The van der Waals surface area contributed by atoms with Crippen LogP contribution in [0.4, 0.5) is 0 Å². The molecule has 0 radical (unpaired) electrons. The normalized spacial score (nSPS) is 34.4. The fraction of sp³-hybridized carbons (Fsp3) is 0.733. The molecule has 0 unspecified atom stereocenters. The van der Waals surface area contributed by atoms with Crippen molar-refractivity contribution in [3.8, 4) is 0 Å². The Morgan fingerprint density at radius 2 is 2.33 bits per heavy atom. The summed E-state index contributed by atoms with van der Waals surface area (Å²) in [5.74, 6) is 1.87. The monoisotopic (exact) mass is 204 g/mol. The summed E-state index contributed by atoms with van der Waals surface area (Å²) in [5, 5.41) is 0. The van der Waals surface area contributed by atoms with Crippen LogP contribution in [0.5, 0.6) is 0 Å². The smallest absolute Gasteiger partial charge is 0.0138 e. The van der Waals surface area contributed by atoms with Gasteiger partial charge in [0, 0.05) is 0 Å². The van der Waals surface area contributed by atoms with E-state index in [0.29, 0.717) is 5.41 Å². The van der Waals surface area contributed by atoms with E-state index in [1.165, 1.54) is 31.3 Å². The molecule has 2 aliphatic carbocycles. The zero-order chi connectivity index (χ0) is 11.1. The van der Waals surface area contributed by atoms with E-state index in [2.05, 4.69) is 39.8 Å². The van der Waals surface area contributed by atoms with E-state index in [1.54, 1.807) is 5.57 Å². The van der Waals surface area contributed by atoms with Crippen molar-refractivity contribution < 1.29 is 0 Å². The minimum absolute atomic E-state index is 0.708. The summed E-state index contributed by atoms with van der Waals surface area (Å²) in [6, 6.07) is 0. The third-order valence-electron chi connectivity index (χ3n) is 4.61. The van der Waals surface area contributed by atoms with Crippen LogP contribution in [0.25, 0.3) is 0 Å². The molecule has 15 heavy (non-hydrogen) atoms. The second kappa shape index (κ2) is 3.81. The Labute approximate surface area is 94.5 Å². The zero-order valence-corrected chi connectivity index (χ0v) is 10.6. The molecule has 0 aromatic carbocycles. The zero-order valence-electron chi connectivity index (χ0n) is 10.6. The molecule has 2 rings (SSSR count). The summed E-state index contributed by atoms with van der Waals surface area (Å²) < 4.78 is 0. The summed E-state index contributed by atoms with van der Waals surface area (Å²) in [7, 11) is 0. The molecule has 0 nitrogen and oxygen atoms in total. The van der Waals surface area contributed by atoms with Crippen LogP contribution in [0.1, 0.15) is 53.4 Å². The summed E-state index contributed by atoms with van der Waals surface area (Å²) >= 11 is 0. The van der Waals surface area contributed by atoms with Gasteiger partial charge in [0.2, 0.25) is 0 Å². The predicted molar refractivity (Wildman–Crippen MR) is 66.7 cm³/mol. The van der Waals surface area contributed by atoms with Gasteiger partial charge >= 0.3 is 0 Å². The van der Waals surface area contributed by atoms with Gasteiger partial charge in [-0.1, -0.05) is 30.2 Å². The average molecular weight is 204 g/mol. The molecule has 0 saturated heterocycles. The maximum Gasteiger partial charge on any atom is -0.0138 e. The Kier molecular flexibility index (Phi) is 2.79. The Balaban J connectivity index is 1.84. The van der Waals surface area contributed by atoms with Gasteiger partial charge in [-0.05, 0) is 63.7 Å². The third kappa shape index (κ3) is 1.91. The van der Waals surface area contributed by atoms with Gasteiger partial charge in [-0.3, -0.25) is 0 Å². The Morgan fingerprint density at radius 3 is 2.80 bits per heavy atom. The van der Waals surface area contributed by atoms with Crippen LogP contribution in [0.15, 0.2) is 23.3 Å². The van der Waals surface area contributed by atoms with Gasteiger partial charge in [-0.25, -0.2) is 0 Å². The fourth-order valence-corrected chi connectivity index (χ4v) is 3.31. The second-order valence-corrected chi connectivity index (χ2v) is 5.90. The van der Waals surface area contributed by atoms with Crippen molar-refractivity contribution in [1.82, 2.24) is 0 Å². The molecule has 0 N–H and O–H groups in total. The predicted octanol–water partition coefficient (Wildman–Crippen LogP) is 4.73. The van der Waals surface area contributed by atoms with E-state index in [9.17, 15) is 0 Å². The van der Waals surface area contributed by atoms with Gasteiger partial charge in [0.05, 0.1) is 0 Å². The highest BCUT2D eigenvalue weighted by Gasteiger charge is 2.59. The summed E-state index contributed by atoms with van der Waals surface area (Å²) in [6.45, 7) is 9.18. The van der Waals surface area contributed by atoms with Crippen molar-refractivity contribution in [2.24, 2.45) is 17.3 Å². The molecule has 0 spiro atoms. The molecule has 1 saturated carbocycles. The molecule has 2 aliphatic rings. The highest BCUT2D eigenvalue weighted by atomic mass is 14.6. The van der Waals surface area contributed by atoms with Crippen LogP contribution in [0, 0.1) is 17.3 Å². The van der Waals surface area contributed by atoms with Crippen LogP contribution in [-0.2, 0) is 0 Å². The average Bonchev–Trinajstić information content (AvgIpc) is 2.82. The number of hydrogen-bond acceptors (Lipinski definition) is 0. The van der Waals surface area contributed by atoms with Crippen LogP contribution in [0.3, 0.4) is 0 Å². The lowest BCUT2D eigenvalue weighted by molar-refractivity contribution is 0.309. The van der Waals surface area contributed by atoms with Crippen molar-refractivity contribution in [3.05, 3.63) is 23.3 Å². The number of hydrogen-bond donors (Lipinski definition) is 0. The van der Waals surface area contributed by atoms with E-state index in [0.717, 1.165) is 11.8 Å². The largest absolute Gasteiger partial charge is 0.0859 e. The first kappa shape index (κ1) is 11.0. The van der Waals surface area contributed by atoms with Gasteiger partial charge in [0.1, 0.15) is 0 Å². The minimum Gasteiger partial charge on any atom is -0.0859 e. The van der Waals surface area contributed by atoms with Crippen LogP contribution >= 0.6 is 0 Å². The molecule has 0 aromatic rings. The molecule has 3 atom stereocenters. The molecule has 84 valence electrons. The van der Waals surface area contributed by atoms with Crippen molar-refractivity contribution in [2.45, 2.75) is 53.4 Å². The Hall–Kier alpha value is -0.520. The number of rotatable bonds is 4. The van der Waals surface area contributed by atoms with Crippen molar-refractivity contribution >= 4 is 0 Å². The van der Waals surface area contributed by atoms with E-state index < -0.39 is 0 Å². The lowest BCUT2D eigenvalue weighted by Crippen LogP contribution is -2.12. The van der Waals surface area contributed by atoms with Gasteiger partial charge in [0.15, 0.2) is 0 Å². The van der Waals surface area contributed by atoms with Crippen LogP contribution in [-0.4, -0.2) is 0 Å². The minimum atomic E-state index is 0.708. The van der Waals surface area contributed by atoms with Gasteiger partial charge in [-0.2, -0.15) is 0 Å². The van der Waals surface area contributed by atoms with E-state index >= 15 is 0 Å². The topological polar surface area (TPSA) is 0 Å². The molecule has 0 heterocycles. The lowest BCUT2D eigenvalue weighted by atomic mass is 9.84. The SMILES string of the molecule is CC(C)=CCC[C@H](C)[C@]12CC=C(C)[C@H]1C2. The Bertz CT molecular complexity index is 304. The van der Waals surface area contributed by atoms with Crippen LogP contribution in [0.2, 0.25) is 0 Å². The Morgan fingerprint density at radius 1 is 1.60 bits per heavy atom. The van der Waals surface area contributed by atoms with Crippen molar-refractivity contribution in [3.63, 3.8) is 0 Å². The lowest BCUT2D eigenvalue weighted by Gasteiger charge is -2.20. The quantitative estimate of drug-likeness (QED) is 0.581. The van der Waals surface area contributed by atoms with Crippen molar-refractivity contribution in [1.29, 1.82) is 0 Å². The van der Waals surface area contributed by atoms with E-state index in [1.807, 2.05) is 0 Å². The standard InChI is InChI=1S/C15H24/c1-11(2)6-5-7-13(4)15-9-8-12(3)14(15)10-15/h6,8,13-14H,5,7,9-10H2,1-4H3/t13-,14+,15+/m0/s1.